The number of halogens is 1. The van der Waals surface area contributed by atoms with Gasteiger partial charge in [0.25, 0.3) is 10.0 Å². The molecule has 0 bridgehead atoms. The summed E-state index contributed by atoms with van der Waals surface area (Å²) >= 11 is 3.07. The summed E-state index contributed by atoms with van der Waals surface area (Å²) in [6, 6.07) is 1.43. The highest BCUT2D eigenvalue weighted by atomic mass is 79.9. The van der Waals surface area contributed by atoms with Crippen LogP contribution in [0.25, 0.3) is 0 Å². The predicted molar refractivity (Wildman–Crippen MR) is 56.5 cm³/mol. The molecule has 1 heterocycles. The summed E-state index contributed by atoms with van der Waals surface area (Å²) in [5.74, 6) is 0. The summed E-state index contributed by atoms with van der Waals surface area (Å²) < 4.78 is 27.4. The lowest BCUT2D eigenvalue weighted by Gasteiger charge is -2.05. The zero-order valence-corrected chi connectivity index (χ0v) is 9.97. The maximum Gasteiger partial charge on any atom is 0.258 e. The predicted octanol–water partition coefficient (Wildman–Crippen LogP) is 0.607. The van der Waals surface area contributed by atoms with Crippen LogP contribution in [0, 0.1) is 0 Å². The van der Waals surface area contributed by atoms with Gasteiger partial charge in [-0.25, -0.2) is 13.1 Å². The molecule has 7 heteroatoms. The van der Waals surface area contributed by atoms with E-state index in [1.807, 2.05) is 0 Å². The molecule has 1 aromatic rings. The third-order valence-corrected chi connectivity index (χ3v) is 3.26. The SMILES string of the molecule is C=C(Br)CNS(=O)(=O)c1ccnn1C. The van der Waals surface area contributed by atoms with Crippen molar-refractivity contribution < 1.29 is 8.42 Å². The molecule has 1 rings (SSSR count). The van der Waals surface area contributed by atoms with Gasteiger partial charge in [-0.1, -0.05) is 22.5 Å². The van der Waals surface area contributed by atoms with Gasteiger partial charge in [-0.2, -0.15) is 5.10 Å². The van der Waals surface area contributed by atoms with Crippen LogP contribution in [0.3, 0.4) is 0 Å². The molecule has 5 nitrogen and oxygen atoms in total. The Morgan fingerprint density at radius 3 is 2.86 bits per heavy atom. The number of sulfonamides is 1. The number of rotatable bonds is 4. The summed E-state index contributed by atoms with van der Waals surface area (Å²) in [4.78, 5) is 0. The molecule has 0 aliphatic carbocycles. The zero-order valence-electron chi connectivity index (χ0n) is 7.57. The quantitative estimate of drug-likeness (QED) is 0.878. The van der Waals surface area contributed by atoms with E-state index in [-0.39, 0.29) is 11.6 Å². The van der Waals surface area contributed by atoms with Gasteiger partial charge in [-0.05, 0) is 6.07 Å². The highest BCUT2D eigenvalue weighted by molar-refractivity contribution is 9.11. The number of aromatic nitrogens is 2. The molecule has 0 aliphatic rings. The zero-order chi connectivity index (χ0) is 10.8. The second-order valence-corrected chi connectivity index (χ2v) is 5.47. The van der Waals surface area contributed by atoms with E-state index in [0.717, 1.165) is 0 Å². The van der Waals surface area contributed by atoms with Gasteiger partial charge in [0.1, 0.15) is 0 Å². The normalized spacial score (nSPS) is 11.6. The van der Waals surface area contributed by atoms with Crippen LogP contribution in [0.2, 0.25) is 0 Å². The molecule has 0 aromatic carbocycles. The van der Waals surface area contributed by atoms with E-state index in [9.17, 15) is 8.42 Å². The molecule has 0 amide bonds. The summed E-state index contributed by atoms with van der Waals surface area (Å²) in [5.41, 5.74) is 0. The molecule has 0 saturated carbocycles. The van der Waals surface area contributed by atoms with Crippen LogP contribution in [0.1, 0.15) is 0 Å². The van der Waals surface area contributed by atoms with Crippen molar-refractivity contribution >= 4 is 26.0 Å². The van der Waals surface area contributed by atoms with E-state index >= 15 is 0 Å². The van der Waals surface area contributed by atoms with E-state index < -0.39 is 10.0 Å². The first-order valence-corrected chi connectivity index (χ1v) is 6.02. The second-order valence-electron chi connectivity index (χ2n) is 2.63. The third-order valence-electron chi connectivity index (χ3n) is 1.51. The molecule has 1 N–H and O–H groups in total. The van der Waals surface area contributed by atoms with E-state index in [0.29, 0.717) is 4.48 Å². The Labute approximate surface area is 91.0 Å². The van der Waals surface area contributed by atoms with Crippen LogP contribution in [0.5, 0.6) is 0 Å². The fraction of sp³-hybridized carbons (Fsp3) is 0.286. The summed E-state index contributed by atoms with van der Waals surface area (Å²) in [6.07, 6.45) is 1.43. The van der Waals surface area contributed by atoms with Gasteiger partial charge in [0.2, 0.25) is 0 Å². The number of aryl methyl sites for hydroxylation is 1. The van der Waals surface area contributed by atoms with E-state index in [2.05, 4.69) is 32.3 Å². The van der Waals surface area contributed by atoms with Gasteiger partial charge in [0.05, 0.1) is 6.20 Å². The highest BCUT2D eigenvalue weighted by Crippen LogP contribution is 2.07. The van der Waals surface area contributed by atoms with Crippen molar-refractivity contribution in [1.82, 2.24) is 14.5 Å². The molecule has 0 atom stereocenters. The minimum Gasteiger partial charge on any atom is -0.256 e. The van der Waals surface area contributed by atoms with Gasteiger partial charge < -0.3 is 0 Å². The maximum atomic E-state index is 11.6. The van der Waals surface area contributed by atoms with Crippen LogP contribution < -0.4 is 4.72 Å². The van der Waals surface area contributed by atoms with Crippen molar-refractivity contribution in [2.24, 2.45) is 7.05 Å². The fourth-order valence-corrected chi connectivity index (χ4v) is 2.35. The van der Waals surface area contributed by atoms with Crippen LogP contribution >= 0.6 is 15.9 Å². The van der Waals surface area contributed by atoms with Crippen molar-refractivity contribution in [2.45, 2.75) is 5.03 Å². The number of nitrogens with one attached hydrogen (secondary N) is 1. The fourth-order valence-electron chi connectivity index (χ4n) is 0.873. The first-order chi connectivity index (χ1) is 6.43. The van der Waals surface area contributed by atoms with Crippen LogP contribution in [-0.4, -0.2) is 24.7 Å². The largest absolute Gasteiger partial charge is 0.258 e. The molecule has 1 aromatic heterocycles. The lowest BCUT2D eigenvalue weighted by Crippen LogP contribution is -2.26. The molecular weight excluding hydrogens is 270 g/mol. The third kappa shape index (κ3) is 2.66. The highest BCUT2D eigenvalue weighted by Gasteiger charge is 2.16. The molecule has 0 radical (unpaired) electrons. The number of hydrogen-bond acceptors (Lipinski definition) is 3. The smallest absolute Gasteiger partial charge is 0.256 e. The average Bonchev–Trinajstić information content (AvgIpc) is 2.48. The van der Waals surface area contributed by atoms with E-state index in [1.165, 1.54) is 16.9 Å². The monoisotopic (exact) mass is 279 g/mol. The Morgan fingerprint density at radius 1 is 1.79 bits per heavy atom. The van der Waals surface area contributed by atoms with Gasteiger partial charge in [0, 0.05) is 18.1 Å². The Hall–Kier alpha value is -0.660. The Balaban J connectivity index is 2.87. The van der Waals surface area contributed by atoms with E-state index in [4.69, 9.17) is 0 Å². The molecule has 0 fully saturated rings. The van der Waals surface area contributed by atoms with Gasteiger partial charge in [-0.15, -0.1) is 0 Å². The number of hydrogen-bond donors (Lipinski definition) is 1. The summed E-state index contributed by atoms with van der Waals surface area (Å²) in [5, 5.41) is 3.90. The molecular formula is C7H10BrN3O2S. The molecule has 0 saturated heterocycles. The van der Waals surface area contributed by atoms with Gasteiger partial charge in [-0.3, -0.25) is 4.68 Å². The first-order valence-electron chi connectivity index (χ1n) is 3.74. The molecule has 0 spiro atoms. The Bertz CT molecular complexity index is 438. The standard InChI is InChI=1S/C7H10BrN3O2S/c1-6(8)5-10-14(12,13)7-3-4-9-11(7)2/h3-4,10H,1,5H2,2H3. The van der Waals surface area contributed by atoms with Crippen molar-refractivity contribution in [3.63, 3.8) is 0 Å². The average molecular weight is 280 g/mol. The van der Waals surface area contributed by atoms with Crippen LogP contribution in [0.4, 0.5) is 0 Å². The maximum absolute atomic E-state index is 11.6. The van der Waals surface area contributed by atoms with E-state index in [1.54, 1.807) is 7.05 Å². The topological polar surface area (TPSA) is 64.0 Å². The van der Waals surface area contributed by atoms with Gasteiger partial charge in [0.15, 0.2) is 5.03 Å². The Morgan fingerprint density at radius 2 is 2.43 bits per heavy atom. The molecule has 78 valence electrons. The Kier molecular flexibility index (Phi) is 3.46. The molecule has 0 aliphatic heterocycles. The van der Waals surface area contributed by atoms with Crippen molar-refractivity contribution in [2.75, 3.05) is 6.54 Å². The molecule has 14 heavy (non-hydrogen) atoms. The lowest BCUT2D eigenvalue weighted by molar-refractivity contribution is 0.566. The van der Waals surface area contributed by atoms with Gasteiger partial charge >= 0.3 is 0 Å². The minimum absolute atomic E-state index is 0.131. The van der Waals surface area contributed by atoms with Crippen molar-refractivity contribution in [1.29, 1.82) is 0 Å². The van der Waals surface area contributed by atoms with Crippen LogP contribution in [-0.2, 0) is 17.1 Å². The van der Waals surface area contributed by atoms with Crippen LogP contribution in [0.15, 0.2) is 28.4 Å². The number of nitrogens with zero attached hydrogens (tertiary/aromatic N) is 2. The summed E-state index contributed by atoms with van der Waals surface area (Å²) in [6.45, 7) is 3.69. The summed E-state index contributed by atoms with van der Waals surface area (Å²) in [7, 11) is -1.92. The second kappa shape index (κ2) is 4.24. The minimum atomic E-state index is -3.48. The van der Waals surface area contributed by atoms with Crippen molar-refractivity contribution in [3.8, 4) is 0 Å². The first kappa shape index (κ1) is 11.4. The van der Waals surface area contributed by atoms with Crippen molar-refractivity contribution in [3.05, 3.63) is 23.3 Å². The molecule has 0 unspecified atom stereocenters. The lowest BCUT2D eigenvalue weighted by atomic mass is 10.7.